The van der Waals surface area contributed by atoms with Gasteiger partial charge in [0.1, 0.15) is 11.6 Å². The van der Waals surface area contributed by atoms with Crippen LogP contribution in [0, 0.1) is 11.6 Å². The van der Waals surface area contributed by atoms with Gasteiger partial charge in [-0.1, -0.05) is 18.2 Å². The fraction of sp³-hybridized carbons (Fsp3) is 0.286. The zero-order valence-corrected chi connectivity index (χ0v) is 14.4. The molecular weight excluding hydrogens is 334 g/mol. The molecular formula is C21H18F2N2O. The van der Waals surface area contributed by atoms with E-state index in [4.69, 9.17) is 0 Å². The molecule has 2 aromatic carbocycles. The fourth-order valence-corrected chi connectivity index (χ4v) is 4.51. The Kier molecular flexibility index (Phi) is 3.09. The normalized spacial score (nSPS) is 20.4. The zero-order valence-electron chi connectivity index (χ0n) is 14.4. The number of H-pyrrole nitrogens is 1. The average molecular weight is 352 g/mol. The molecule has 1 fully saturated rings. The molecule has 132 valence electrons. The molecule has 1 N–H and O–H groups in total. The Morgan fingerprint density at radius 2 is 1.96 bits per heavy atom. The van der Waals surface area contributed by atoms with E-state index in [1.807, 2.05) is 12.1 Å². The fourth-order valence-electron chi connectivity index (χ4n) is 4.51. The van der Waals surface area contributed by atoms with Gasteiger partial charge in [0.15, 0.2) is 0 Å². The van der Waals surface area contributed by atoms with E-state index in [1.54, 1.807) is 17.0 Å². The van der Waals surface area contributed by atoms with E-state index in [-0.39, 0.29) is 23.0 Å². The van der Waals surface area contributed by atoms with Crippen LogP contribution in [-0.4, -0.2) is 22.3 Å². The highest BCUT2D eigenvalue weighted by molar-refractivity contribution is 5.89. The summed E-state index contributed by atoms with van der Waals surface area (Å²) in [7, 11) is 0. The molecule has 1 amide bonds. The van der Waals surface area contributed by atoms with Crippen LogP contribution in [-0.2, 0) is 10.2 Å². The first-order chi connectivity index (χ1) is 12.5. The van der Waals surface area contributed by atoms with Gasteiger partial charge in [-0.15, -0.1) is 0 Å². The van der Waals surface area contributed by atoms with Crippen molar-refractivity contribution in [2.45, 2.75) is 31.2 Å². The Hall–Kier alpha value is -2.69. The van der Waals surface area contributed by atoms with Gasteiger partial charge in [0.25, 0.3) is 0 Å². The predicted molar refractivity (Wildman–Crippen MR) is 94.8 cm³/mol. The molecule has 1 aliphatic heterocycles. The zero-order chi connectivity index (χ0) is 18.1. The third-order valence-corrected chi connectivity index (χ3v) is 5.81. The summed E-state index contributed by atoms with van der Waals surface area (Å²) in [6, 6.07) is 10.9. The number of aromatic nitrogens is 1. The third-order valence-electron chi connectivity index (χ3n) is 5.81. The molecule has 1 saturated carbocycles. The van der Waals surface area contributed by atoms with Crippen LogP contribution in [0.3, 0.4) is 0 Å². The summed E-state index contributed by atoms with van der Waals surface area (Å²) in [5.74, 6) is -0.655. The highest BCUT2D eigenvalue weighted by Gasteiger charge is 2.54. The first kappa shape index (κ1) is 15.6. The van der Waals surface area contributed by atoms with Crippen molar-refractivity contribution in [1.82, 2.24) is 9.88 Å². The molecule has 0 saturated heterocycles. The van der Waals surface area contributed by atoms with Crippen LogP contribution in [0.2, 0.25) is 0 Å². The number of aromatic amines is 1. The maximum absolute atomic E-state index is 14.7. The largest absolute Gasteiger partial charge is 0.356 e. The molecule has 5 rings (SSSR count). The summed E-state index contributed by atoms with van der Waals surface area (Å²) in [5.41, 5.74) is 3.02. The minimum atomic E-state index is -0.434. The van der Waals surface area contributed by atoms with E-state index in [1.165, 1.54) is 25.1 Å². The van der Waals surface area contributed by atoms with E-state index < -0.39 is 6.04 Å². The summed E-state index contributed by atoms with van der Waals surface area (Å²) >= 11 is 0. The Bertz CT molecular complexity index is 1050. The summed E-state index contributed by atoms with van der Waals surface area (Å²) in [5, 5.41) is 0.615. The predicted octanol–water partition coefficient (Wildman–Crippen LogP) is 4.43. The molecule has 1 aromatic heterocycles. The van der Waals surface area contributed by atoms with Crippen LogP contribution in [0.5, 0.6) is 0 Å². The SMILES string of the molecule is CC(=O)N1CC2(CC2)c2c([nH]c3cccc(F)c23)C1c1cccc(F)c1. The number of carbonyl (C=O) groups is 1. The first-order valence-corrected chi connectivity index (χ1v) is 8.83. The van der Waals surface area contributed by atoms with E-state index in [9.17, 15) is 13.6 Å². The summed E-state index contributed by atoms with van der Waals surface area (Å²) in [6.07, 6.45) is 1.86. The van der Waals surface area contributed by atoms with Crippen molar-refractivity contribution in [3.05, 3.63) is 70.9 Å². The molecule has 1 atom stereocenters. The molecule has 1 aliphatic carbocycles. The Balaban J connectivity index is 1.82. The average Bonchev–Trinajstić information content (AvgIpc) is 3.24. The second kappa shape index (κ2) is 5.16. The number of fused-ring (bicyclic) bond motifs is 4. The van der Waals surface area contributed by atoms with Crippen molar-refractivity contribution in [3.8, 4) is 0 Å². The Morgan fingerprint density at radius 1 is 1.19 bits per heavy atom. The number of halogens is 2. The van der Waals surface area contributed by atoms with Gasteiger partial charge in [-0.25, -0.2) is 8.78 Å². The number of nitrogens with zero attached hydrogens (tertiary/aromatic N) is 1. The van der Waals surface area contributed by atoms with E-state index in [0.717, 1.165) is 29.6 Å². The van der Waals surface area contributed by atoms with Crippen LogP contribution >= 0.6 is 0 Å². The van der Waals surface area contributed by atoms with Crippen molar-refractivity contribution >= 4 is 16.8 Å². The van der Waals surface area contributed by atoms with Crippen LogP contribution in [0.25, 0.3) is 10.9 Å². The lowest BCUT2D eigenvalue weighted by atomic mass is 9.83. The van der Waals surface area contributed by atoms with Gasteiger partial charge < -0.3 is 9.88 Å². The summed E-state index contributed by atoms with van der Waals surface area (Å²) in [4.78, 5) is 17.6. The molecule has 0 radical (unpaired) electrons. The van der Waals surface area contributed by atoms with Gasteiger partial charge in [0, 0.05) is 35.5 Å². The molecule has 3 nitrogen and oxygen atoms in total. The minimum Gasteiger partial charge on any atom is -0.356 e. The number of amides is 1. The van der Waals surface area contributed by atoms with E-state index >= 15 is 0 Å². The highest BCUT2D eigenvalue weighted by Crippen LogP contribution is 2.58. The monoisotopic (exact) mass is 352 g/mol. The summed E-state index contributed by atoms with van der Waals surface area (Å²) < 4.78 is 28.6. The maximum Gasteiger partial charge on any atom is 0.220 e. The molecule has 1 spiro atoms. The minimum absolute atomic E-state index is 0.0599. The van der Waals surface area contributed by atoms with Gasteiger partial charge in [0.2, 0.25) is 5.91 Å². The standard InChI is InChI=1S/C21H18F2N2O/c1-12(26)25-11-21(8-9-21)18-17-15(23)6-3-7-16(17)24-19(18)20(25)13-4-2-5-14(22)10-13/h2-7,10,20,24H,8-9,11H2,1H3. The Labute approximate surface area is 149 Å². The van der Waals surface area contributed by atoms with E-state index in [0.29, 0.717) is 17.5 Å². The van der Waals surface area contributed by atoms with Crippen LogP contribution in [0.4, 0.5) is 8.78 Å². The topological polar surface area (TPSA) is 36.1 Å². The van der Waals surface area contributed by atoms with Crippen LogP contribution < -0.4 is 0 Å². The van der Waals surface area contributed by atoms with Gasteiger partial charge >= 0.3 is 0 Å². The van der Waals surface area contributed by atoms with Gasteiger partial charge in [-0.05, 0) is 48.2 Å². The number of benzene rings is 2. The van der Waals surface area contributed by atoms with Crippen molar-refractivity contribution in [1.29, 1.82) is 0 Å². The van der Waals surface area contributed by atoms with Gasteiger partial charge in [0.05, 0.1) is 6.04 Å². The smallest absolute Gasteiger partial charge is 0.220 e. The lowest BCUT2D eigenvalue weighted by Gasteiger charge is -2.40. The number of hydrogen-bond acceptors (Lipinski definition) is 1. The second-order valence-electron chi connectivity index (χ2n) is 7.46. The van der Waals surface area contributed by atoms with Crippen molar-refractivity contribution < 1.29 is 13.6 Å². The number of rotatable bonds is 1. The molecule has 5 heteroatoms. The van der Waals surface area contributed by atoms with Crippen molar-refractivity contribution in [2.24, 2.45) is 0 Å². The summed E-state index contributed by atoms with van der Waals surface area (Å²) in [6.45, 7) is 2.08. The lowest BCUT2D eigenvalue weighted by molar-refractivity contribution is -0.131. The van der Waals surface area contributed by atoms with Gasteiger partial charge in [-0.2, -0.15) is 0 Å². The van der Waals surface area contributed by atoms with Crippen LogP contribution in [0.1, 0.15) is 42.6 Å². The number of hydrogen-bond donors (Lipinski definition) is 1. The highest BCUT2D eigenvalue weighted by atomic mass is 19.1. The molecule has 0 bridgehead atoms. The van der Waals surface area contributed by atoms with Gasteiger partial charge in [-0.3, -0.25) is 4.79 Å². The molecule has 26 heavy (non-hydrogen) atoms. The molecule has 2 heterocycles. The first-order valence-electron chi connectivity index (χ1n) is 8.83. The van der Waals surface area contributed by atoms with Crippen molar-refractivity contribution in [3.63, 3.8) is 0 Å². The molecule has 1 unspecified atom stereocenters. The number of carbonyl (C=O) groups excluding carboxylic acids is 1. The van der Waals surface area contributed by atoms with Crippen molar-refractivity contribution in [2.75, 3.05) is 6.54 Å². The maximum atomic E-state index is 14.7. The van der Waals surface area contributed by atoms with Crippen LogP contribution in [0.15, 0.2) is 42.5 Å². The second-order valence-corrected chi connectivity index (χ2v) is 7.46. The van der Waals surface area contributed by atoms with E-state index in [2.05, 4.69) is 4.98 Å². The lowest BCUT2D eigenvalue weighted by Crippen LogP contribution is -2.44. The Morgan fingerprint density at radius 3 is 2.65 bits per heavy atom. The number of nitrogens with one attached hydrogen (secondary N) is 1. The third kappa shape index (κ3) is 2.06. The molecule has 2 aliphatic rings. The molecule has 3 aromatic rings. The quantitative estimate of drug-likeness (QED) is 0.691.